The van der Waals surface area contributed by atoms with E-state index >= 15 is 0 Å². The fraction of sp³-hybridized carbons (Fsp3) is 0.909. The van der Waals surface area contributed by atoms with E-state index in [1.54, 1.807) is 0 Å². The SMILES string of the molecule is CC(=O)OC(C)C1CCCCCC1. The Balaban J connectivity index is 2.34. The first-order valence-corrected chi connectivity index (χ1v) is 5.37. The fourth-order valence-electron chi connectivity index (χ4n) is 2.14. The monoisotopic (exact) mass is 184 g/mol. The summed E-state index contributed by atoms with van der Waals surface area (Å²) in [4.78, 5) is 10.8. The highest BCUT2D eigenvalue weighted by atomic mass is 16.5. The van der Waals surface area contributed by atoms with Crippen molar-refractivity contribution >= 4 is 5.97 Å². The quantitative estimate of drug-likeness (QED) is 0.487. The van der Waals surface area contributed by atoms with Crippen molar-refractivity contribution in [1.82, 2.24) is 0 Å². The van der Waals surface area contributed by atoms with Crippen molar-refractivity contribution in [3.63, 3.8) is 0 Å². The van der Waals surface area contributed by atoms with E-state index in [0.717, 1.165) is 0 Å². The van der Waals surface area contributed by atoms with Gasteiger partial charge in [-0.1, -0.05) is 25.7 Å². The lowest BCUT2D eigenvalue weighted by Gasteiger charge is -2.21. The zero-order valence-electron chi connectivity index (χ0n) is 8.71. The Bertz CT molecular complexity index is 157. The maximum Gasteiger partial charge on any atom is 0.302 e. The Labute approximate surface area is 80.7 Å². The average molecular weight is 184 g/mol. The van der Waals surface area contributed by atoms with Crippen LogP contribution in [0, 0.1) is 5.92 Å². The van der Waals surface area contributed by atoms with Gasteiger partial charge < -0.3 is 4.74 Å². The molecule has 1 saturated carbocycles. The van der Waals surface area contributed by atoms with E-state index in [1.807, 2.05) is 6.92 Å². The van der Waals surface area contributed by atoms with E-state index in [2.05, 4.69) is 0 Å². The average Bonchev–Trinajstić information content (AvgIpc) is 2.29. The number of esters is 1. The van der Waals surface area contributed by atoms with Gasteiger partial charge in [0.2, 0.25) is 0 Å². The summed E-state index contributed by atoms with van der Waals surface area (Å²) in [7, 11) is 0. The number of hydrogen-bond acceptors (Lipinski definition) is 2. The second kappa shape index (κ2) is 5.25. The maximum atomic E-state index is 10.8. The molecule has 0 aromatic heterocycles. The topological polar surface area (TPSA) is 26.3 Å². The summed E-state index contributed by atoms with van der Waals surface area (Å²) in [6.45, 7) is 3.52. The van der Waals surface area contributed by atoms with Crippen LogP contribution in [0.5, 0.6) is 0 Å². The van der Waals surface area contributed by atoms with Gasteiger partial charge in [-0.05, 0) is 25.7 Å². The molecule has 0 aromatic rings. The van der Waals surface area contributed by atoms with E-state index in [0.29, 0.717) is 5.92 Å². The van der Waals surface area contributed by atoms with Crippen molar-refractivity contribution < 1.29 is 9.53 Å². The number of rotatable bonds is 2. The minimum absolute atomic E-state index is 0.121. The molecule has 0 saturated heterocycles. The van der Waals surface area contributed by atoms with Gasteiger partial charge in [-0.3, -0.25) is 4.79 Å². The van der Waals surface area contributed by atoms with Gasteiger partial charge in [-0.15, -0.1) is 0 Å². The third-order valence-electron chi connectivity index (χ3n) is 2.92. The van der Waals surface area contributed by atoms with Crippen molar-refractivity contribution in [2.24, 2.45) is 5.92 Å². The normalized spacial score (nSPS) is 22.0. The molecule has 0 spiro atoms. The van der Waals surface area contributed by atoms with Crippen LogP contribution in [0.15, 0.2) is 0 Å². The zero-order valence-corrected chi connectivity index (χ0v) is 8.71. The number of hydrogen-bond donors (Lipinski definition) is 0. The zero-order chi connectivity index (χ0) is 9.68. The Morgan fingerprint density at radius 2 is 1.77 bits per heavy atom. The molecule has 0 radical (unpaired) electrons. The number of carbonyl (C=O) groups is 1. The van der Waals surface area contributed by atoms with E-state index < -0.39 is 0 Å². The molecule has 0 N–H and O–H groups in total. The van der Waals surface area contributed by atoms with Gasteiger partial charge in [-0.2, -0.15) is 0 Å². The van der Waals surface area contributed by atoms with Gasteiger partial charge >= 0.3 is 5.97 Å². The molecule has 1 aliphatic rings. The lowest BCUT2D eigenvalue weighted by Crippen LogP contribution is -2.22. The van der Waals surface area contributed by atoms with Crippen LogP contribution in [-0.2, 0) is 9.53 Å². The second-order valence-corrected chi connectivity index (χ2v) is 4.07. The van der Waals surface area contributed by atoms with Crippen molar-refractivity contribution in [1.29, 1.82) is 0 Å². The van der Waals surface area contributed by atoms with E-state index in [4.69, 9.17) is 4.74 Å². The highest BCUT2D eigenvalue weighted by Crippen LogP contribution is 2.26. The molecule has 1 rings (SSSR count). The molecular weight excluding hydrogens is 164 g/mol. The number of ether oxygens (including phenoxy) is 1. The summed E-state index contributed by atoms with van der Waals surface area (Å²) in [6.07, 6.45) is 7.89. The standard InChI is InChI=1S/C11H20O2/c1-9(13-10(2)12)11-7-5-3-4-6-8-11/h9,11H,3-8H2,1-2H3. The van der Waals surface area contributed by atoms with E-state index in [9.17, 15) is 4.79 Å². The first kappa shape index (κ1) is 10.6. The van der Waals surface area contributed by atoms with Gasteiger partial charge in [0.25, 0.3) is 0 Å². The van der Waals surface area contributed by atoms with Gasteiger partial charge in [0.1, 0.15) is 6.10 Å². The van der Waals surface area contributed by atoms with Crippen molar-refractivity contribution in [3.05, 3.63) is 0 Å². The summed E-state index contributed by atoms with van der Waals surface area (Å²) in [5, 5.41) is 0. The van der Waals surface area contributed by atoms with Crippen molar-refractivity contribution in [2.75, 3.05) is 0 Å². The van der Waals surface area contributed by atoms with Crippen LogP contribution in [0.1, 0.15) is 52.4 Å². The predicted octanol–water partition coefficient (Wildman–Crippen LogP) is 2.91. The van der Waals surface area contributed by atoms with Crippen LogP contribution in [0.3, 0.4) is 0 Å². The van der Waals surface area contributed by atoms with E-state index in [-0.39, 0.29) is 12.1 Å². The smallest absolute Gasteiger partial charge is 0.302 e. The van der Waals surface area contributed by atoms with Crippen LogP contribution in [0.2, 0.25) is 0 Å². The van der Waals surface area contributed by atoms with Crippen LogP contribution in [-0.4, -0.2) is 12.1 Å². The van der Waals surface area contributed by atoms with E-state index in [1.165, 1.54) is 45.4 Å². The second-order valence-electron chi connectivity index (χ2n) is 4.07. The van der Waals surface area contributed by atoms with Crippen molar-refractivity contribution in [2.45, 2.75) is 58.5 Å². The minimum Gasteiger partial charge on any atom is -0.463 e. The molecule has 2 nitrogen and oxygen atoms in total. The Kier molecular flexibility index (Phi) is 4.26. The predicted molar refractivity (Wildman–Crippen MR) is 52.4 cm³/mol. The fourth-order valence-corrected chi connectivity index (χ4v) is 2.14. The molecule has 0 heterocycles. The molecule has 0 amide bonds. The minimum atomic E-state index is -0.142. The number of carbonyl (C=O) groups excluding carboxylic acids is 1. The van der Waals surface area contributed by atoms with Gasteiger partial charge in [-0.25, -0.2) is 0 Å². The molecule has 1 fully saturated rings. The molecule has 1 unspecified atom stereocenters. The molecule has 13 heavy (non-hydrogen) atoms. The van der Waals surface area contributed by atoms with Gasteiger partial charge in [0.05, 0.1) is 0 Å². The molecule has 0 aliphatic heterocycles. The molecule has 0 aromatic carbocycles. The molecule has 2 heteroatoms. The molecular formula is C11H20O2. The maximum absolute atomic E-state index is 10.8. The first-order valence-electron chi connectivity index (χ1n) is 5.37. The Morgan fingerprint density at radius 1 is 1.23 bits per heavy atom. The molecule has 1 aliphatic carbocycles. The Morgan fingerprint density at radius 3 is 2.23 bits per heavy atom. The summed E-state index contributed by atoms with van der Waals surface area (Å²) in [5.74, 6) is 0.461. The Hall–Kier alpha value is -0.530. The lowest BCUT2D eigenvalue weighted by molar-refractivity contribution is -0.148. The third kappa shape index (κ3) is 3.79. The summed E-state index contributed by atoms with van der Waals surface area (Å²) in [6, 6.07) is 0. The first-order chi connectivity index (χ1) is 6.20. The van der Waals surface area contributed by atoms with Gasteiger partial charge in [0.15, 0.2) is 0 Å². The highest BCUT2D eigenvalue weighted by molar-refractivity contribution is 5.66. The van der Waals surface area contributed by atoms with Crippen LogP contribution < -0.4 is 0 Å². The lowest BCUT2D eigenvalue weighted by atomic mass is 9.95. The van der Waals surface area contributed by atoms with Crippen molar-refractivity contribution in [3.8, 4) is 0 Å². The van der Waals surface area contributed by atoms with Crippen LogP contribution in [0.4, 0.5) is 0 Å². The largest absolute Gasteiger partial charge is 0.463 e. The van der Waals surface area contributed by atoms with Crippen LogP contribution in [0.25, 0.3) is 0 Å². The highest BCUT2D eigenvalue weighted by Gasteiger charge is 2.20. The molecule has 0 bridgehead atoms. The molecule has 1 atom stereocenters. The molecule has 76 valence electrons. The summed E-state index contributed by atoms with van der Waals surface area (Å²) < 4.78 is 5.21. The van der Waals surface area contributed by atoms with Crippen LogP contribution >= 0.6 is 0 Å². The third-order valence-corrected chi connectivity index (χ3v) is 2.92. The summed E-state index contributed by atoms with van der Waals surface area (Å²) in [5.41, 5.74) is 0. The summed E-state index contributed by atoms with van der Waals surface area (Å²) >= 11 is 0. The van der Waals surface area contributed by atoms with Gasteiger partial charge in [0, 0.05) is 6.92 Å².